The van der Waals surface area contributed by atoms with Crippen LogP contribution in [0.2, 0.25) is 0 Å². The molecule has 0 radical (unpaired) electrons. The number of carbonyl (C=O) groups is 1. The molecule has 0 spiro atoms. The highest BCUT2D eigenvalue weighted by molar-refractivity contribution is 9.10. The van der Waals surface area contributed by atoms with E-state index in [9.17, 15) is 4.79 Å². The zero-order chi connectivity index (χ0) is 15.8. The van der Waals surface area contributed by atoms with Crippen molar-refractivity contribution in [2.45, 2.75) is 39.0 Å². The molecule has 0 aromatic heterocycles. The van der Waals surface area contributed by atoms with E-state index < -0.39 is 0 Å². The van der Waals surface area contributed by atoms with Gasteiger partial charge in [0.15, 0.2) is 0 Å². The van der Waals surface area contributed by atoms with Crippen LogP contribution in [0.5, 0.6) is 0 Å². The van der Waals surface area contributed by atoms with Gasteiger partial charge in [0.25, 0.3) is 0 Å². The van der Waals surface area contributed by atoms with E-state index in [0.717, 1.165) is 49.3 Å². The van der Waals surface area contributed by atoms with E-state index in [1.807, 2.05) is 12.1 Å². The number of nitrogens with one attached hydrogen (secondary N) is 2. The third kappa shape index (κ3) is 7.23. The average Bonchev–Trinajstić information content (AvgIpc) is 2.53. The molecule has 130 valence electrons. The second-order valence-electron chi connectivity index (χ2n) is 6.23. The maximum atomic E-state index is 12.4. The summed E-state index contributed by atoms with van der Waals surface area (Å²) in [7, 11) is 0. The van der Waals surface area contributed by atoms with E-state index in [2.05, 4.69) is 45.6 Å². The third-order valence-corrected chi connectivity index (χ3v) is 4.98. The topological polar surface area (TPSA) is 41.1 Å². The molecular formula is C18H28BrClN2O. The molecule has 23 heavy (non-hydrogen) atoms. The van der Waals surface area contributed by atoms with Crippen molar-refractivity contribution in [1.29, 1.82) is 0 Å². The summed E-state index contributed by atoms with van der Waals surface area (Å²) in [6.07, 6.45) is 5.33. The van der Waals surface area contributed by atoms with E-state index in [0.29, 0.717) is 0 Å². The second kappa shape index (κ2) is 11.1. The molecule has 0 saturated carbocycles. The van der Waals surface area contributed by atoms with Gasteiger partial charge in [0, 0.05) is 16.9 Å². The van der Waals surface area contributed by atoms with Gasteiger partial charge in [0.1, 0.15) is 0 Å². The standard InChI is InChI=1S/C18H27BrN2O.ClH/c1-2-16(11-15-5-3-7-17(19)12-15)18(22)21-10-8-14-6-4-9-20-13-14;/h3,5,7,12,14,16,20H,2,4,6,8-11,13H2,1H3,(H,21,22);1H. The lowest BCUT2D eigenvalue weighted by Crippen LogP contribution is -2.35. The number of hydrogen-bond acceptors (Lipinski definition) is 2. The lowest BCUT2D eigenvalue weighted by molar-refractivity contribution is -0.125. The Hall–Kier alpha value is -0.580. The van der Waals surface area contributed by atoms with Crippen LogP contribution in [0.3, 0.4) is 0 Å². The largest absolute Gasteiger partial charge is 0.356 e. The van der Waals surface area contributed by atoms with Crippen molar-refractivity contribution in [3.63, 3.8) is 0 Å². The van der Waals surface area contributed by atoms with Crippen LogP contribution in [-0.4, -0.2) is 25.5 Å². The predicted octanol–water partition coefficient (Wildman–Crippen LogP) is 3.95. The van der Waals surface area contributed by atoms with Crippen molar-refractivity contribution in [3.05, 3.63) is 34.3 Å². The van der Waals surface area contributed by atoms with Crippen LogP contribution in [0.4, 0.5) is 0 Å². The Morgan fingerprint density at radius 2 is 2.30 bits per heavy atom. The first-order valence-electron chi connectivity index (χ1n) is 8.42. The van der Waals surface area contributed by atoms with E-state index in [1.165, 1.54) is 18.4 Å². The molecule has 1 heterocycles. The number of hydrogen-bond donors (Lipinski definition) is 2. The monoisotopic (exact) mass is 402 g/mol. The molecule has 2 rings (SSSR count). The van der Waals surface area contributed by atoms with Crippen molar-refractivity contribution in [1.82, 2.24) is 10.6 Å². The summed E-state index contributed by atoms with van der Waals surface area (Å²) >= 11 is 3.49. The van der Waals surface area contributed by atoms with Crippen LogP contribution < -0.4 is 10.6 Å². The summed E-state index contributed by atoms with van der Waals surface area (Å²) in [5, 5.41) is 6.57. The SMILES string of the molecule is CCC(Cc1cccc(Br)c1)C(=O)NCCC1CCCNC1.Cl. The van der Waals surface area contributed by atoms with Crippen LogP contribution in [0.15, 0.2) is 28.7 Å². The molecule has 1 amide bonds. The van der Waals surface area contributed by atoms with Crippen molar-refractivity contribution in [2.24, 2.45) is 11.8 Å². The number of benzene rings is 1. The molecule has 1 aromatic carbocycles. The zero-order valence-corrected chi connectivity index (χ0v) is 16.2. The van der Waals surface area contributed by atoms with E-state index in [4.69, 9.17) is 0 Å². The Morgan fingerprint density at radius 3 is 2.96 bits per heavy atom. The summed E-state index contributed by atoms with van der Waals surface area (Å²) in [5.74, 6) is 0.990. The molecule has 2 N–H and O–H groups in total. The molecule has 1 saturated heterocycles. The third-order valence-electron chi connectivity index (χ3n) is 4.49. The Morgan fingerprint density at radius 1 is 1.48 bits per heavy atom. The van der Waals surface area contributed by atoms with Gasteiger partial charge in [-0.3, -0.25) is 4.79 Å². The van der Waals surface area contributed by atoms with Gasteiger partial charge < -0.3 is 10.6 Å². The molecule has 1 aromatic rings. The fourth-order valence-corrected chi connectivity index (χ4v) is 3.53. The summed E-state index contributed by atoms with van der Waals surface area (Å²) in [6, 6.07) is 8.24. The van der Waals surface area contributed by atoms with Gasteiger partial charge in [-0.25, -0.2) is 0 Å². The molecule has 5 heteroatoms. The van der Waals surface area contributed by atoms with Crippen LogP contribution >= 0.6 is 28.3 Å². The van der Waals surface area contributed by atoms with Gasteiger partial charge in [-0.2, -0.15) is 0 Å². The highest BCUT2D eigenvalue weighted by Crippen LogP contribution is 2.17. The molecule has 1 aliphatic rings. The maximum absolute atomic E-state index is 12.4. The Bertz CT molecular complexity index is 478. The first-order chi connectivity index (χ1) is 10.7. The minimum absolute atomic E-state index is 0. The molecule has 1 fully saturated rings. The first-order valence-corrected chi connectivity index (χ1v) is 9.21. The fourth-order valence-electron chi connectivity index (χ4n) is 3.09. The average molecular weight is 404 g/mol. The van der Waals surface area contributed by atoms with E-state index >= 15 is 0 Å². The van der Waals surface area contributed by atoms with Crippen molar-refractivity contribution < 1.29 is 4.79 Å². The number of halogens is 2. The summed E-state index contributed by atoms with van der Waals surface area (Å²) in [6.45, 7) is 5.14. The normalized spacial score (nSPS) is 18.8. The van der Waals surface area contributed by atoms with Crippen LogP contribution in [0.1, 0.15) is 38.2 Å². The molecule has 2 unspecified atom stereocenters. The molecular weight excluding hydrogens is 376 g/mol. The number of piperidine rings is 1. The van der Waals surface area contributed by atoms with Crippen LogP contribution in [-0.2, 0) is 11.2 Å². The van der Waals surface area contributed by atoms with Crippen molar-refractivity contribution in [2.75, 3.05) is 19.6 Å². The molecule has 0 bridgehead atoms. The maximum Gasteiger partial charge on any atom is 0.223 e. The zero-order valence-electron chi connectivity index (χ0n) is 13.8. The fraction of sp³-hybridized carbons (Fsp3) is 0.611. The minimum Gasteiger partial charge on any atom is -0.356 e. The van der Waals surface area contributed by atoms with Gasteiger partial charge in [0.05, 0.1) is 0 Å². The van der Waals surface area contributed by atoms with Crippen LogP contribution in [0, 0.1) is 11.8 Å². The van der Waals surface area contributed by atoms with Crippen molar-refractivity contribution in [3.8, 4) is 0 Å². The summed E-state index contributed by atoms with van der Waals surface area (Å²) in [5.41, 5.74) is 1.22. The summed E-state index contributed by atoms with van der Waals surface area (Å²) < 4.78 is 1.07. The second-order valence-corrected chi connectivity index (χ2v) is 7.15. The van der Waals surface area contributed by atoms with Crippen molar-refractivity contribution >= 4 is 34.2 Å². The van der Waals surface area contributed by atoms with Gasteiger partial charge >= 0.3 is 0 Å². The Labute approximate surface area is 154 Å². The number of rotatable bonds is 7. The lowest BCUT2D eigenvalue weighted by Gasteiger charge is -2.23. The quantitative estimate of drug-likeness (QED) is 0.724. The molecule has 1 aliphatic heterocycles. The number of amides is 1. The lowest BCUT2D eigenvalue weighted by atomic mass is 9.94. The molecule has 2 atom stereocenters. The highest BCUT2D eigenvalue weighted by Gasteiger charge is 2.18. The predicted molar refractivity (Wildman–Crippen MR) is 102 cm³/mol. The smallest absolute Gasteiger partial charge is 0.223 e. The molecule has 0 aliphatic carbocycles. The highest BCUT2D eigenvalue weighted by atomic mass is 79.9. The molecule has 3 nitrogen and oxygen atoms in total. The van der Waals surface area contributed by atoms with E-state index in [1.54, 1.807) is 0 Å². The minimum atomic E-state index is 0. The number of carbonyl (C=O) groups excluding carboxylic acids is 1. The van der Waals surface area contributed by atoms with Gasteiger partial charge in [0.2, 0.25) is 5.91 Å². The Balaban J connectivity index is 0.00000264. The Kier molecular flexibility index (Phi) is 9.84. The van der Waals surface area contributed by atoms with Gasteiger partial charge in [-0.1, -0.05) is 35.0 Å². The summed E-state index contributed by atoms with van der Waals surface area (Å²) in [4.78, 5) is 12.4. The van der Waals surface area contributed by atoms with Gasteiger partial charge in [-0.05, 0) is 68.8 Å². The van der Waals surface area contributed by atoms with E-state index in [-0.39, 0.29) is 24.2 Å². The van der Waals surface area contributed by atoms with Gasteiger partial charge in [-0.15, -0.1) is 12.4 Å². The first kappa shape index (κ1) is 20.5. The van der Waals surface area contributed by atoms with Crippen LogP contribution in [0.25, 0.3) is 0 Å².